The number of ether oxygens (including phenoxy) is 1. The van der Waals surface area contributed by atoms with E-state index >= 15 is 0 Å². The van der Waals surface area contributed by atoms with Crippen LogP contribution in [0.1, 0.15) is 46.0 Å². The molecule has 0 aromatic rings. The molecule has 1 unspecified atom stereocenters. The lowest BCUT2D eigenvalue weighted by Crippen LogP contribution is -2.55. The van der Waals surface area contributed by atoms with Crippen LogP contribution in [0.2, 0.25) is 0 Å². The van der Waals surface area contributed by atoms with Crippen LogP contribution >= 0.6 is 0 Å². The van der Waals surface area contributed by atoms with E-state index in [0.717, 1.165) is 25.7 Å². The number of epoxide rings is 1. The van der Waals surface area contributed by atoms with E-state index in [1.54, 1.807) is 0 Å². The zero-order valence-corrected chi connectivity index (χ0v) is 13.9. The first-order chi connectivity index (χ1) is 10.9. The summed E-state index contributed by atoms with van der Waals surface area (Å²) in [6, 6.07) is 0. The SMILES string of the molecule is C[C@]12CC[C@H]3[C@@H](CCC4=CC(=O)[C@@H]5OC5[C@@]43C)[C@@H]1[C@@H](O)C[C@@H]2O. The van der Waals surface area contributed by atoms with E-state index in [1.807, 2.05) is 6.08 Å². The smallest absolute Gasteiger partial charge is 0.187 e. The molecule has 1 aliphatic heterocycles. The first kappa shape index (κ1) is 14.6. The highest BCUT2D eigenvalue weighted by molar-refractivity contribution is 5.98. The fourth-order valence-electron chi connectivity index (χ4n) is 6.96. The Kier molecular flexibility index (Phi) is 2.72. The number of aliphatic hydroxyl groups is 2. The number of hydrogen-bond acceptors (Lipinski definition) is 4. The Balaban J connectivity index is 1.56. The van der Waals surface area contributed by atoms with E-state index in [2.05, 4.69) is 13.8 Å². The average molecular weight is 318 g/mol. The Morgan fingerprint density at radius 3 is 2.83 bits per heavy atom. The molecule has 4 fully saturated rings. The molecule has 0 aromatic heterocycles. The van der Waals surface area contributed by atoms with Crippen molar-refractivity contribution >= 4 is 5.78 Å². The van der Waals surface area contributed by atoms with Gasteiger partial charge in [-0.3, -0.25) is 4.79 Å². The van der Waals surface area contributed by atoms with Gasteiger partial charge in [0, 0.05) is 11.8 Å². The molecular formula is C19H26O4. The molecule has 0 bridgehead atoms. The number of fused-ring (bicyclic) bond motifs is 7. The van der Waals surface area contributed by atoms with Crippen LogP contribution in [0.4, 0.5) is 0 Å². The second-order valence-corrected chi connectivity index (χ2v) is 9.03. The summed E-state index contributed by atoms with van der Waals surface area (Å²) in [6.45, 7) is 4.45. The Bertz CT molecular complexity index is 612. The predicted octanol–water partition coefficient (Wildman–Crippen LogP) is 1.84. The van der Waals surface area contributed by atoms with Crippen molar-refractivity contribution in [1.82, 2.24) is 0 Å². The summed E-state index contributed by atoms with van der Waals surface area (Å²) in [5, 5.41) is 21.1. The van der Waals surface area contributed by atoms with Crippen molar-refractivity contribution in [3.63, 3.8) is 0 Å². The normalized spacial score (nSPS) is 60.3. The van der Waals surface area contributed by atoms with Crippen molar-refractivity contribution in [2.75, 3.05) is 0 Å². The zero-order valence-electron chi connectivity index (χ0n) is 13.9. The van der Waals surface area contributed by atoms with Gasteiger partial charge in [-0.2, -0.15) is 0 Å². The molecule has 5 aliphatic rings. The van der Waals surface area contributed by atoms with Gasteiger partial charge in [-0.1, -0.05) is 19.4 Å². The minimum atomic E-state index is -0.391. The van der Waals surface area contributed by atoms with Gasteiger partial charge in [-0.25, -0.2) is 0 Å². The monoisotopic (exact) mass is 318 g/mol. The Hall–Kier alpha value is -0.710. The molecule has 4 heteroatoms. The molecule has 5 rings (SSSR count). The second kappa shape index (κ2) is 4.27. The van der Waals surface area contributed by atoms with Crippen molar-refractivity contribution in [2.24, 2.45) is 28.6 Å². The molecule has 2 N–H and O–H groups in total. The largest absolute Gasteiger partial charge is 0.393 e. The van der Waals surface area contributed by atoms with Crippen LogP contribution in [0, 0.1) is 28.6 Å². The Labute approximate surface area is 136 Å². The molecule has 0 aromatic carbocycles. The first-order valence-corrected chi connectivity index (χ1v) is 9.14. The zero-order chi connectivity index (χ0) is 16.1. The van der Waals surface area contributed by atoms with Crippen molar-refractivity contribution in [2.45, 2.75) is 70.4 Å². The van der Waals surface area contributed by atoms with Crippen LogP contribution in [0.25, 0.3) is 0 Å². The lowest BCUT2D eigenvalue weighted by Gasteiger charge is -2.57. The molecule has 4 nitrogen and oxygen atoms in total. The van der Waals surface area contributed by atoms with Gasteiger partial charge in [-0.15, -0.1) is 0 Å². The fraction of sp³-hybridized carbons (Fsp3) is 0.842. The maximum absolute atomic E-state index is 12.0. The quantitative estimate of drug-likeness (QED) is 0.669. The maximum atomic E-state index is 12.0. The van der Waals surface area contributed by atoms with Crippen LogP contribution in [-0.4, -0.2) is 40.4 Å². The molecule has 0 radical (unpaired) electrons. The van der Waals surface area contributed by atoms with Crippen LogP contribution in [-0.2, 0) is 9.53 Å². The molecule has 0 amide bonds. The van der Waals surface area contributed by atoms with Gasteiger partial charge in [0.25, 0.3) is 0 Å². The molecule has 126 valence electrons. The van der Waals surface area contributed by atoms with Crippen LogP contribution < -0.4 is 0 Å². The number of carbonyl (C=O) groups is 1. The van der Waals surface area contributed by atoms with Gasteiger partial charge in [0.05, 0.1) is 12.2 Å². The van der Waals surface area contributed by atoms with Crippen molar-refractivity contribution < 1.29 is 19.7 Å². The van der Waals surface area contributed by atoms with E-state index in [0.29, 0.717) is 18.3 Å². The van der Waals surface area contributed by atoms with Crippen LogP contribution in [0.5, 0.6) is 0 Å². The molecule has 3 saturated carbocycles. The maximum Gasteiger partial charge on any atom is 0.187 e. The molecular weight excluding hydrogens is 292 g/mol. The highest BCUT2D eigenvalue weighted by atomic mass is 16.6. The standard InChI is InChI=1S/C19H26O4/c1-18-6-5-11-10(15(18)12(20)8-14(18)22)4-3-9-7-13(21)16-17(23-16)19(9,11)2/h7,10-12,14-17,20,22H,3-6,8H2,1-2H3/t10-,11+,12+,14+,15-,16+,17?,18-,19+/m1/s1. The average Bonchev–Trinajstić information content (AvgIpc) is 3.26. The van der Waals surface area contributed by atoms with E-state index in [9.17, 15) is 15.0 Å². The van der Waals surface area contributed by atoms with Gasteiger partial charge < -0.3 is 14.9 Å². The van der Waals surface area contributed by atoms with Gasteiger partial charge in [0.2, 0.25) is 0 Å². The third-order valence-electron chi connectivity index (χ3n) is 8.26. The van der Waals surface area contributed by atoms with Crippen molar-refractivity contribution in [3.8, 4) is 0 Å². The number of rotatable bonds is 0. The van der Waals surface area contributed by atoms with E-state index < -0.39 is 6.10 Å². The summed E-state index contributed by atoms with van der Waals surface area (Å²) in [5.74, 6) is 1.23. The van der Waals surface area contributed by atoms with E-state index in [4.69, 9.17) is 4.74 Å². The van der Waals surface area contributed by atoms with Crippen molar-refractivity contribution in [3.05, 3.63) is 11.6 Å². The topological polar surface area (TPSA) is 70.1 Å². The van der Waals surface area contributed by atoms with Gasteiger partial charge in [-0.05, 0) is 54.9 Å². The summed E-state index contributed by atoms with van der Waals surface area (Å²) in [4.78, 5) is 12.0. The van der Waals surface area contributed by atoms with E-state index in [-0.39, 0.29) is 40.8 Å². The van der Waals surface area contributed by atoms with Gasteiger partial charge >= 0.3 is 0 Å². The fourth-order valence-corrected chi connectivity index (χ4v) is 6.96. The van der Waals surface area contributed by atoms with Crippen LogP contribution in [0.3, 0.4) is 0 Å². The predicted molar refractivity (Wildman–Crippen MR) is 83.5 cm³/mol. The molecule has 23 heavy (non-hydrogen) atoms. The molecule has 0 spiro atoms. The first-order valence-electron chi connectivity index (χ1n) is 9.14. The Morgan fingerprint density at radius 1 is 1.26 bits per heavy atom. The van der Waals surface area contributed by atoms with Gasteiger partial charge in [0.1, 0.15) is 12.2 Å². The number of hydrogen-bond donors (Lipinski definition) is 2. The number of carbonyl (C=O) groups excluding carboxylic acids is 1. The summed E-state index contributed by atoms with van der Waals surface area (Å²) in [5.41, 5.74) is 1.09. The molecule has 1 heterocycles. The number of aliphatic hydroxyl groups excluding tert-OH is 2. The summed E-state index contributed by atoms with van der Waals surface area (Å²) < 4.78 is 5.78. The Morgan fingerprint density at radius 2 is 2.04 bits per heavy atom. The summed E-state index contributed by atoms with van der Waals surface area (Å²) >= 11 is 0. The summed E-state index contributed by atoms with van der Waals surface area (Å²) in [7, 11) is 0. The third kappa shape index (κ3) is 1.60. The highest BCUT2D eigenvalue weighted by Gasteiger charge is 2.68. The summed E-state index contributed by atoms with van der Waals surface area (Å²) in [6.07, 6.45) is 5.44. The molecule has 4 aliphatic carbocycles. The molecule has 1 saturated heterocycles. The van der Waals surface area contributed by atoms with Crippen LogP contribution in [0.15, 0.2) is 11.6 Å². The highest BCUT2D eigenvalue weighted by Crippen LogP contribution is 2.67. The lowest BCUT2D eigenvalue weighted by atomic mass is 9.47. The lowest BCUT2D eigenvalue weighted by molar-refractivity contribution is -0.117. The van der Waals surface area contributed by atoms with Gasteiger partial charge in [0.15, 0.2) is 5.78 Å². The third-order valence-corrected chi connectivity index (χ3v) is 8.26. The second-order valence-electron chi connectivity index (χ2n) is 9.03. The minimum Gasteiger partial charge on any atom is -0.393 e. The number of ketones is 1. The van der Waals surface area contributed by atoms with Crippen molar-refractivity contribution in [1.29, 1.82) is 0 Å². The van der Waals surface area contributed by atoms with E-state index in [1.165, 1.54) is 5.57 Å². The minimum absolute atomic E-state index is 0.0455. The molecule has 9 atom stereocenters.